The number of ether oxygens (including phenoxy) is 1. The van der Waals surface area contributed by atoms with Gasteiger partial charge >= 0.3 is 0 Å². The number of rotatable bonds is 6. The number of carbonyl (C=O) groups is 1. The average Bonchev–Trinajstić information content (AvgIpc) is 3.39. The summed E-state index contributed by atoms with van der Waals surface area (Å²) in [4.78, 5) is 17.6. The number of carbonyl (C=O) groups excluding carboxylic acids is 1. The summed E-state index contributed by atoms with van der Waals surface area (Å²) >= 11 is 0. The van der Waals surface area contributed by atoms with Crippen molar-refractivity contribution in [1.82, 2.24) is 19.3 Å². The van der Waals surface area contributed by atoms with E-state index in [9.17, 15) is 4.79 Å². The molecule has 2 aromatic heterocycles. The van der Waals surface area contributed by atoms with E-state index in [2.05, 4.69) is 53.5 Å². The molecule has 4 rings (SSSR count). The first-order valence-electron chi connectivity index (χ1n) is 10.2. The first-order valence-corrected chi connectivity index (χ1v) is 10.2. The molecule has 2 atom stereocenters. The van der Waals surface area contributed by atoms with Gasteiger partial charge in [0.2, 0.25) is 5.91 Å². The molecule has 1 N–H and O–H groups in total. The summed E-state index contributed by atoms with van der Waals surface area (Å²) in [6.45, 7) is 6.18. The van der Waals surface area contributed by atoms with Gasteiger partial charge in [-0.1, -0.05) is 29.8 Å². The number of nitrogens with zero attached hydrogens (tertiary/aromatic N) is 4. The summed E-state index contributed by atoms with van der Waals surface area (Å²) in [5.74, 6) is 1.18. The van der Waals surface area contributed by atoms with Gasteiger partial charge in [-0.25, -0.2) is 9.67 Å². The van der Waals surface area contributed by atoms with Gasteiger partial charge in [0.1, 0.15) is 17.7 Å². The third-order valence-corrected chi connectivity index (χ3v) is 5.42. The minimum Gasteiger partial charge on any atom is -0.369 e. The van der Waals surface area contributed by atoms with Crippen LogP contribution in [-0.4, -0.2) is 31.8 Å². The van der Waals surface area contributed by atoms with Crippen LogP contribution in [0.3, 0.4) is 0 Å². The lowest BCUT2D eigenvalue weighted by molar-refractivity contribution is -0.130. The van der Waals surface area contributed by atoms with Crippen LogP contribution in [0.25, 0.3) is 0 Å². The van der Waals surface area contributed by atoms with Crippen molar-refractivity contribution in [3.63, 3.8) is 0 Å². The van der Waals surface area contributed by atoms with Gasteiger partial charge in [0.15, 0.2) is 0 Å². The molecule has 0 bridgehead atoms. The van der Waals surface area contributed by atoms with Crippen LogP contribution >= 0.6 is 0 Å². The van der Waals surface area contributed by atoms with Gasteiger partial charge in [0, 0.05) is 31.6 Å². The average molecular weight is 393 g/mol. The van der Waals surface area contributed by atoms with Gasteiger partial charge < -0.3 is 14.6 Å². The molecular weight excluding hydrogens is 366 g/mol. The normalized spacial score (nSPS) is 19.2. The summed E-state index contributed by atoms with van der Waals surface area (Å²) in [6.07, 6.45) is 6.72. The number of anilines is 1. The molecule has 1 saturated heterocycles. The molecule has 1 aliphatic rings. The van der Waals surface area contributed by atoms with Crippen LogP contribution in [0.1, 0.15) is 42.8 Å². The Bertz CT molecular complexity index is 960. The smallest absolute Gasteiger partial charge is 0.231 e. The second-order valence-electron chi connectivity index (χ2n) is 7.46. The maximum absolute atomic E-state index is 13.2. The van der Waals surface area contributed by atoms with Gasteiger partial charge in [-0.3, -0.25) is 4.79 Å². The second kappa shape index (κ2) is 8.61. The molecule has 1 fully saturated rings. The maximum atomic E-state index is 13.2. The van der Waals surface area contributed by atoms with E-state index >= 15 is 0 Å². The Kier molecular flexibility index (Phi) is 5.76. The van der Waals surface area contributed by atoms with E-state index in [1.54, 1.807) is 12.4 Å². The number of hydrogen-bond donors (Lipinski definition) is 1. The highest BCUT2D eigenvalue weighted by Crippen LogP contribution is 2.33. The Morgan fingerprint density at radius 2 is 2.07 bits per heavy atom. The lowest BCUT2D eigenvalue weighted by atomic mass is 9.92. The summed E-state index contributed by atoms with van der Waals surface area (Å²) in [7, 11) is 0. The summed E-state index contributed by atoms with van der Waals surface area (Å²) in [6, 6.07) is 10.2. The Morgan fingerprint density at radius 3 is 2.86 bits per heavy atom. The molecule has 3 heterocycles. The molecule has 1 amide bonds. The van der Waals surface area contributed by atoms with Crippen molar-refractivity contribution in [2.75, 3.05) is 11.9 Å². The topological polar surface area (TPSA) is 74.0 Å². The van der Waals surface area contributed by atoms with Crippen LogP contribution < -0.4 is 5.32 Å². The van der Waals surface area contributed by atoms with Gasteiger partial charge in [0.05, 0.1) is 18.7 Å². The van der Waals surface area contributed by atoms with Gasteiger partial charge in [0.25, 0.3) is 0 Å². The lowest BCUT2D eigenvalue weighted by Crippen LogP contribution is -2.35. The van der Waals surface area contributed by atoms with Gasteiger partial charge in [-0.05, 0) is 32.3 Å². The molecule has 0 radical (unpaired) electrons. The third-order valence-electron chi connectivity index (χ3n) is 5.42. The molecular formula is C22H27N5O2. The number of aryl methyl sites for hydroxylation is 2. The molecule has 152 valence electrons. The molecule has 0 aliphatic carbocycles. The molecule has 3 aromatic rings. The number of benzene rings is 1. The van der Waals surface area contributed by atoms with Crippen LogP contribution in [0.5, 0.6) is 0 Å². The largest absolute Gasteiger partial charge is 0.369 e. The zero-order valence-corrected chi connectivity index (χ0v) is 16.9. The van der Waals surface area contributed by atoms with E-state index in [4.69, 9.17) is 4.74 Å². The predicted molar refractivity (Wildman–Crippen MR) is 110 cm³/mol. The molecule has 0 unspecified atom stereocenters. The lowest BCUT2D eigenvalue weighted by Gasteiger charge is -2.30. The van der Waals surface area contributed by atoms with Gasteiger partial charge in [-0.2, -0.15) is 5.10 Å². The molecule has 7 nitrogen and oxygen atoms in total. The van der Waals surface area contributed by atoms with Crippen molar-refractivity contribution in [2.45, 2.75) is 45.9 Å². The first-order chi connectivity index (χ1) is 14.2. The van der Waals surface area contributed by atoms with Crippen molar-refractivity contribution < 1.29 is 9.53 Å². The van der Waals surface area contributed by atoms with Crippen LogP contribution in [0.2, 0.25) is 0 Å². The summed E-state index contributed by atoms with van der Waals surface area (Å²) < 4.78 is 9.84. The fourth-order valence-corrected chi connectivity index (χ4v) is 3.80. The minimum absolute atomic E-state index is 0.0500. The Labute approximate surface area is 170 Å². The standard InChI is InChI=1S/C22H27N5O2/c1-3-26-13-12-23-21(26)20-18(5-4-14-29-20)22(28)25-19-10-11-24-27(19)15-17-8-6-16(2)7-9-17/h6-13,18,20H,3-5,14-15H2,1-2H3,(H,25,28)/t18-,20-/m0/s1. The Balaban J connectivity index is 1.50. The number of aromatic nitrogens is 4. The fraction of sp³-hybridized carbons (Fsp3) is 0.409. The summed E-state index contributed by atoms with van der Waals surface area (Å²) in [5.41, 5.74) is 2.36. The first kappa shape index (κ1) is 19.4. The van der Waals surface area contributed by atoms with Crippen LogP contribution in [0.4, 0.5) is 5.82 Å². The highest BCUT2D eigenvalue weighted by molar-refractivity contribution is 5.92. The molecule has 0 saturated carbocycles. The van der Waals surface area contributed by atoms with Crippen LogP contribution in [0.15, 0.2) is 48.9 Å². The van der Waals surface area contributed by atoms with E-state index in [1.807, 2.05) is 21.5 Å². The van der Waals surface area contributed by atoms with Crippen LogP contribution in [0, 0.1) is 12.8 Å². The minimum atomic E-state index is -0.327. The number of hydrogen-bond acceptors (Lipinski definition) is 4. The highest BCUT2D eigenvalue weighted by Gasteiger charge is 2.36. The molecule has 1 aliphatic heterocycles. The molecule has 7 heteroatoms. The monoisotopic (exact) mass is 393 g/mol. The third kappa shape index (κ3) is 4.24. The van der Waals surface area contributed by atoms with E-state index in [1.165, 1.54) is 5.56 Å². The Morgan fingerprint density at radius 1 is 1.24 bits per heavy atom. The van der Waals surface area contributed by atoms with Crippen molar-refractivity contribution in [2.24, 2.45) is 5.92 Å². The van der Waals surface area contributed by atoms with Crippen LogP contribution in [-0.2, 0) is 22.6 Å². The number of imidazole rings is 1. The van der Waals surface area contributed by atoms with Crippen molar-refractivity contribution in [1.29, 1.82) is 0 Å². The van der Waals surface area contributed by atoms with Crippen molar-refractivity contribution in [3.8, 4) is 0 Å². The number of amides is 1. The van der Waals surface area contributed by atoms with Crippen molar-refractivity contribution in [3.05, 3.63) is 65.9 Å². The highest BCUT2D eigenvalue weighted by atomic mass is 16.5. The second-order valence-corrected chi connectivity index (χ2v) is 7.46. The Hall–Kier alpha value is -2.93. The fourth-order valence-electron chi connectivity index (χ4n) is 3.80. The van der Waals surface area contributed by atoms with E-state index < -0.39 is 0 Å². The maximum Gasteiger partial charge on any atom is 0.231 e. The quantitative estimate of drug-likeness (QED) is 0.695. The molecule has 29 heavy (non-hydrogen) atoms. The number of nitrogens with one attached hydrogen (secondary N) is 1. The summed E-state index contributed by atoms with van der Waals surface area (Å²) in [5, 5.41) is 7.45. The zero-order chi connectivity index (χ0) is 20.2. The zero-order valence-electron chi connectivity index (χ0n) is 16.9. The molecule has 0 spiro atoms. The molecule has 1 aromatic carbocycles. The van der Waals surface area contributed by atoms with E-state index in [0.717, 1.165) is 30.8 Å². The van der Waals surface area contributed by atoms with Gasteiger partial charge in [-0.15, -0.1) is 0 Å². The SMILES string of the molecule is CCn1ccnc1[C@H]1OCCC[C@@H]1C(=O)Nc1ccnn1Cc1ccc(C)cc1. The van der Waals surface area contributed by atoms with E-state index in [-0.39, 0.29) is 17.9 Å². The van der Waals surface area contributed by atoms with Crippen molar-refractivity contribution >= 4 is 11.7 Å². The van der Waals surface area contributed by atoms with E-state index in [0.29, 0.717) is 19.0 Å². The predicted octanol–water partition coefficient (Wildman–Crippen LogP) is 3.56.